The van der Waals surface area contributed by atoms with Gasteiger partial charge in [-0.05, 0) is 6.07 Å². The Hall–Kier alpha value is -2.93. The molecule has 130 valence electrons. The Morgan fingerprint density at radius 3 is 2.32 bits per heavy atom. The number of carbonyl (C=O) groups excluding carboxylic acids is 2. The van der Waals surface area contributed by atoms with Crippen LogP contribution < -0.4 is 0 Å². The fourth-order valence-electron chi connectivity index (χ4n) is 2.08. The van der Waals surface area contributed by atoms with Crippen LogP contribution in [-0.2, 0) is 9.53 Å². The van der Waals surface area contributed by atoms with Crippen molar-refractivity contribution in [2.75, 3.05) is 14.1 Å². The number of amides is 1. The van der Waals surface area contributed by atoms with Crippen LogP contribution in [0.3, 0.4) is 0 Å². The van der Waals surface area contributed by atoms with E-state index in [1.165, 1.54) is 11.0 Å². The maximum absolute atomic E-state index is 12.4. The lowest BCUT2D eigenvalue weighted by atomic mass is 10.1. The number of halogens is 1. The lowest BCUT2D eigenvalue weighted by Crippen LogP contribution is -2.31. The maximum Gasteiger partial charge on any atom is 0.340 e. The van der Waals surface area contributed by atoms with Crippen molar-refractivity contribution in [3.63, 3.8) is 0 Å². The summed E-state index contributed by atoms with van der Waals surface area (Å²) >= 11 is 5.94. The number of carbonyl (C=O) groups is 2. The van der Waals surface area contributed by atoms with E-state index in [0.717, 1.165) is 12.1 Å². The van der Waals surface area contributed by atoms with Crippen LogP contribution in [0.1, 0.15) is 22.0 Å². The molecule has 0 aliphatic rings. The molecule has 25 heavy (non-hydrogen) atoms. The fraction of sp³-hybridized carbons (Fsp3) is 0.176. The number of nitro groups is 1. The van der Waals surface area contributed by atoms with Crippen molar-refractivity contribution in [2.24, 2.45) is 0 Å². The second kappa shape index (κ2) is 7.76. The van der Waals surface area contributed by atoms with Crippen molar-refractivity contribution < 1.29 is 19.2 Å². The summed E-state index contributed by atoms with van der Waals surface area (Å²) in [6.45, 7) is 0. The molecule has 1 atom stereocenters. The summed E-state index contributed by atoms with van der Waals surface area (Å²) in [7, 11) is 3.09. The number of benzene rings is 2. The molecule has 2 aromatic carbocycles. The highest BCUT2D eigenvalue weighted by Gasteiger charge is 2.28. The van der Waals surface area contributed by atoms with Crippen molar-refractivity contribution in [2.45, 2.75) is 6.10 Å². The van der Waals surface area contributed by atoms with Gasteiger partial charge in [0.05, 0.1) is 15.5 Å². The second-order valence-electron chi connectivity index (χ2n) is 5.35. The van der Waals surface area contributed by atoms with E-state index in [-0.39, 0.29) is 16.3 Å². The lowest BCUT2D eigenvalue weighted by Gasteiger charge is -2.21. The highest BCUT2D eigenvalue weighted by Crippen LogP contribution is 2.26. The maximum atomic E-state index is 12.4. The Balaban J connectivity index is 2.31. The molecular formula is C17H15ClN2O5. The molecule has 0 fully saturated rings. The molecule has 2 rings (SSSR count). The van der Waals surface area contributed by atoms with Crippen LogP contribution in [0, 0.1) is 10.1 Å². The third-order valence-electron chi connectivity index (χ3n) is 3.38. The van der Waals surface area contributed by atoms with E-state index in [1.807, 2.05) is 0 Å². The molecular weight excluding hydrogens is 348 g/mol. The summed E-state index contributed by atoms with van der Waals surface area (Å²) in [4.78, 5) is 36.2. The van der Waals surface area contributed by atoms with Gasteiger partial charge in [0.25, 0.3) is 11.6 Å². The minimum Gasteiger partial charge on any atom is -0.444 e. The molecule has 0 aliphatic carbocycles. The average Bonchev–Trinajstić information content (AvgIpc) is 2.59. The van der Waals surface area contributed by atoms with Gasteiger partial charge >= 0.3 is 5.97 Å². The summed E-state index contributed by atoms with van der Waals surface area (Å²) in [6.07, 6.45) is -1.14. The Morgan fingerprint density at radius 1 is 1.16 bits per heavy atom. The van der Waals surface area contributed by atoms with Gasteiger partial charge in [0.2, 0.25) is 6.10 Å². The van der Waals surface area contributed by atoms with Gasteiger partial charge in [0.15, 0.2) is 0 Å². The second-order valence-corrected chi connectivity index (χ2v) is 5.76. The molecule has 2 aromatic rings. The molecule has 0 saturated carbocycles. The van der Waals surface area contributed by atoms with Crippen LogP contribution in [0.5, 0.6) is 0 Å². The summed E-state index contributed by atoms with van der Waals surface area (Å²) in [5.41, 5.74) is 0.206. The van der Waals surface area contributed by atoms with Crippen molar-refractivity contribution in [1.29, 1.82) is 0 Å². The number of nitrogens with zero attached hydrogens (tertiary/aromatic N) is 2. The number of hydrogen-bond donors (Lipinski definition) is 0. The van der Waals surface area contributed by atoms with Crippen LogP contribution in [0.2, 0.25) is 5.02 Å². The lowest BCUT2D eigenvalue weighted by molar-refractivity contribution is -0.384. The van der Waals surface area contributed by atoms with Crippen LogP contribution in [0.25, 0.3) is 0 Å². The molecule has 0 spiro atoms. The van der Waals surface area contributed by atoms with Crippen molar-refractivity contribution in [3.8, 4) is 0 Å². The van der Waals surface area contributed by atoms with Crippen LogP contribution in [0.4, 0.5) is 5.69 Å². The van der Waals surface area contributed by atoms with Gasteiger partial charge in [-0.3, -0.25) is 14.9 Å². The smallest absolute Gasteiger partial charge is 0.340 e. The van der Waals surface area contributed by atoms with Crippen molar-refractivity contribution in [1.82, 2.24) is 4.90 Å². The molecule has 0 aromatic heterocycles. The molecule has 0 aliphatic heterocycles. The molecule has 1 amide bonds. The monoisotopic (exact) mass is 362 g/mol. The Morgan fingerprint density at radius 2 is 1.80 bits per heavy atom. The zero-order valence-corrected chi connectivity index (χ0v) is 14.3. The third kappa shape index (κ3) is 4.33. The zero-order chi connectivity index (χ0) is 18.6. The van der Waals surface area contributed by atoms with Gasteiger partial charge in [-0.1, -0.05) is 41.9 Å². The first kappa shape index (κ1) is 18.4. The van der Waals surface area contributed by atoms with E-state index < -0.39 is 22.9 Å². The molecule has 0 unspecified atom stereocenters. The van der Waals surface area contributed by atoms with E-state index in [2.05, 4.69) is 0 Å². The van der Waals surface area contributed by atoms with Crippen LogP contribution in [0.15, 0.2) is 48.5 Å². The average molecular weight is 363 g/mol. The number of likely N-dealkylation sites (N-methyl/N-ethyl adjacent to an activating group) is 1. The minimum absolute atomic E-state index is 0.0558. The van der Waals surface area contributed by atoms with Gasteiger partial charge in [0.1, 0.15) is 0 Å². The zero-order valence-electron chi connectivity index (χ0n) is 13.5. The first-order valence-corrected chi connectivity index (χ1v) is 7.60. The quantitative estimate of drug-likeness (QED) is 0.462. The SMILES string of the molecule is CN(C)C(=O)[C@@H](OC(=O)c1ccc([N+](=O)[O-])cc1Cl)c1ccccc1. The number of rotatable bonds is 5. The van der Waals surface area contributed by atoms with Crippen LogP contribution >= 0.6 is 11.6 Å². The van der Waals surface area contributed by atoms with E-state index in [1.54, 1.807) is 44.4 Å². The first-order valence-electron chi connectivity index (χ1n) is 7.22. The van der Waals surface area contributed by atoms with Gasteiger partial charge in [-0.2, -0.15) is 0 Å². The molecule has 0 heterocycles. The molecule has 7 nitrogen and oxygen atoms in total. The van der Waals surface area contributed by atoms with E-state index >= 15 is 0 Å². The minimum atomic E-state index is -1.14. The van der Waals surface area contributed by atoms with E-state index in [9.17, 15) is 19.7 Å². The topological polar surface area (TPSA) is 89.8 Å². The summed E-state index contributed by atoms with van der Waals surface area (Å²) < 4.78 is 5.34. The standard InChI is InChI=1S/C17H15ClN2O5/c1-19(2)16(21)15(11-6-4-3-5-7-11)25-17(22)13-9-8-12(20(23)24)10-14(13)18/h3-10,15H,1-2H3/t15-/m0/s1. The Bertz CT molecular complexity index is 808. The number of ether oxygens (including phenoxy) is 1. The molecule has 0 radical (unpaired) electrons. The predicted octanol–water partition coefficient (Wildman–Crippen LogP) is 3.23. The predicted molar refractivity (Wildman–Crippen MR) is 91.4 cm³/mol. The van der Waals surface area contributed by atoms with Gasteiger partial charge in [0, 0.05) is 31.8 Å². The molecule has 0 bridgehead atoms. The van der Waals surface area contributed by atoms with E-state index in [0.29, 0.717) is 5.56 Å². The molecule has 0 saturated heterocycles. The summed E-state index contributed by atoms with van der Waals surface area (Å²) in [6, 6.07) is 11.9. The molecule has 0 N–H and O–H groups in total. The summed E-state index contributed by atoms with van der Waals surface area (Å²) in [5.74, 6) is -1.26. The van der Waals surface area contributed by atoms with Crippen molar-refractivity contribution in [3.05, 3.63) is 74.8 Å². The van der Waals surface area contributed by atoms with Crippen LogP contribution in [-0.4, -0.2) is 35.8 Å². The number of esters is 1. The first-order chi connectivity index (χ1) is 11.8. The highest BCUT2D eigenvalue weighted by atomic mass is 35.5. The van der Waals surface area contributed by atoms with Gasteiger partial charge in [-0.25, -0.2) is 4.79 Å². The van der Waals surface area contributed by atoms with Gasteiger partial charge in [-0.15, -0.1) is 0 Å². The Kier molecular flexibility index (Phi) is 5.71. The third-order valence-corrected chi connectivity index (χ3v) is 3.69. The highest BCUT2D eigenvalue weighted by molar-refractivity contribution is 6.33. The van der Waals surface area contributed by atoms with E-state index in [4.69, 9.17) is 16.3 Å². The Labute approximate surface area is 148 Å². The van der Waals surface area contributed by atoms with Gasteiger partial charge < -0.3 is 9.64 Å². The van der Waals surface area contributed by atoms with Crippen molar-refractivity contribution >= 4 is 29.2 Å². The fourth-order valence-corrected chi connectivity index (χ4v) is 2.33. The number of nitro benzene ring substituents is 1. The largest absolute Gasteiger partial charge is 0.444 e. The molecule has 8 heteroatoms. The number of non-ortho nitro benzene ring substituents is 1. The normalized spacial score (nSPS) is 11.5. The summed E-state index contributed by atoms with van der Waals surface area (Å²) in [5, 5.41) is 10.6. The number of hydrogen-bond acceptors (Lipinski definition) is 5.